The molecule has 2 heterocycles. The molecule has 1 aromatic rings. The molecule has 0 saturated heterocycles. The highest BCUT2D eigenvalue weighted by Crippen LogP contribution is 2.16. The van der Waals surface area contributed by atoms with Crippen molar-refractivity contribution in [2.75, 3.05) is 6.54 Å². The zero-order chi connectivity index (χ0) is 9.42. The Morgan fingerprint density at radius 3 is 3.08 bits per heavy atom. The van der Waals surface area contributed by atoms with Crippen molar-refractivity contribution in [2.45, 2.75) is 12.8 Å². The van der Waals surface area contributed by atoms with Crippen molar-refractivity contribution in [2.24, 2.45) is 0 Å². The molecule has 2 rings (SSSR count). The number of imidazole rings is 1. The van der Waals surface area contributed by atoms with E-state index in [2.05, 4.69) is 19.7 Å². The Labute approximate surface area is 83.0 Å². The molecule has 0 bridgehead atoms. The molecule has 0 aliphatic carbocycles. The van der Waals surface area contributed by atoms with E-state index in [1.165, 1.54) is 0 Å². The Balaban J connectivity index is 2.61. The summed E-state index contributed by atoms with van der Waals surface area (Å²) in [4.78, 5) is 14.6. The molecule has 0 radical (unpaired) electrons. The van der Waals surface area contributed by atoms with Crippen LogP contribution in [-0.2, 0) is 6.42 Å². The third-order valence-corrected chi connectivity index (χ3v) is 3.11. The Hall–Kier alpha value is -0.670. The van der Waals surface area contributed by atoms with E-state index < -0.39 is 0 Å². The fourth-order valence-electron chi connectivity index (χ4n) is 1.47. The molecule has 2 N–H and O–H groups in total. The zero-order valence-corrected chi connectivity index (χ0v) is 8.93. The maximum Gasteiger partial charge on any atom is 0.270 e. The standard InChI is InChI=1S/C7H10N3OPS/c11-6-5-4(2-1-3-8-6)9-7(13)10(5)12/h1-3,12H2,(H,8,11)(H,9,13). The lowest BCUT2D eigenvalue weighted by atomic mass is 10.2. The molecule has 13 heavy (non-hydrogen) atoms. The Bertz CT molecular complexity index is 408. The molecule has 0 fully saturated rings. The summed E-state index contributed by atoms with van der Waals surface area (Å²) in [5, 5.41) is 2.82. The van der Waals surface area contributed by atoms with Crippen LogP contribution in [0.4, 0.5) is 0 Å². The highest BCUT2D eigenvalue weighted by Gasteiger charge is 2.19. The number of carbonyl (C=O) groups excluding carboxylic acids is 1. The monoisotopic (exact) mass is 215 g/mol. The first-order chi connectivity index (χ1) is 6.20. The van der Waals surface area contributed by atoms with Crippen molar-refractivity contribution >= 4 is 27.5 Å². The van der Waals surface area contributed by atoms with Crippen molar-refractivity contribution in [3.05, 3.63) is 16.2 Å². The fraction of sp³-hybridized carbons (Fsp3) is 0.429. The van der Waals surface area contributed by atoms with Crippen LogP contribution in [-0.4, -0.2) is 21.8 Å². The minimum atomic E-state index is -0.0464. The molecule has 0 spiro atoms. The number of hydrogen-bond donors (Lipinski definition) is 2. The fourth-order valence-corrected chi connectivity index (χ4v) is 2.03. The van der Waals surface area contributed by atoms with Gasteiger partial charge in [-0.15, -0.1) is 0 Å². The first-order valence-electron chi connectivity index (χ1n) is 4.07. The van der Waals surface area contributed by atoms with Crippen molar-refractivity contribution in [3.8, 4) is 0 Å². The number of amides is 1. The summed E-state index contributed by atoms with van der Waals surface area (Å²) in [7, 11) is 2.44. The van der Waals surface area contributed by atoms with Gasteiger partial charge in [0.05, 0.1) is 0 Å². The SMILES string of the molecule is O=C1NCCCc2[nH]c(=S)n(P)c21. The van der Waals surface area contributed by atoms with Crippen LogP contribution in [0.3, 0.4) is 0 Å². The molecule has 1 aliphatic rings. The van der Waals surface area contributed by atoms with Gasteiger partial charge in [-0.3, -0.25) is 9.13 Å². The second-order valence-electron chi connectivity index (χ2n) is 2.99. The van der Waals surface area contributed by atoms with Gasteiger partial charge in [-0.25, -0.2) is 0 Å². The van der Waals surface area contributed by atoms with Crippen LogP contribution >= 0.6 is 21.6 Å². The number of nitrogens with zero attached hydrogens (tertiary/aromatic N) is 1. The van der Waals surface area contributed by atoms with E-state index in [0.29, 0.717) is 10.5 Å². The average molecular weight is 215 g/mol. The molecule has 1 aromatic heterocycles. The first-order valence-corrected chi connectivity index (χ1v) is 5.00. The number of nitrogens with one attached hydrogen (secondary N) is 2. The smallest absolute Gasteiger partial charge is 0.270 e. The van der Waals surface area contributed by atoms with Crippen LogP contribution in [0.1, 0.15) is 22.6 Å². The van der Waals surface area contributed by atoms with Crippen LogP contribution in [0, 0.1) is 4.77 Å². The summed E-state index contributed by atoms with van der Waals surface area (Å²) in [6.07, 6.45) is 1.83. The molecule has 4 nitrogen and oxygen atoms in total. The van der Waals surface area contributed by atoms with E-state index >= 15 is 0 Å². The topological polar surface area (TPSA) is 49.8 Å². The van der Waals surface area contributed by atoms with Crippen LogP contribution in [0.25, 0.3) is 0 Å². The van der Waals surface area contributed by atoms with Crippen molar-refractivity contribution in [1.29, 1.82) is 0 Å². The number of H-pyrrole nitrogens is 1. The molecule has 1 amide bonds. The van der Waals surface area contributed by atoms with Gasteiger partial charge in [0, 0.05) is 12.2 Å². The highest BCUT2D eigenvalue weighted by molar-refractivity contribution is 7.71. The summed E-state index contributed by atoms with van der Waals surface area (Å²) >= 11 is 5.03. The minimum Gasteiger partial charge on any atom is -0.351 e. The summed E-state index contributed by atoms with van der Waals surface area (Å²) in [5.41, 5.74) is 1.59. The molecule has 1 unspecified atom stereocenters. The largest absolute Gasteiger partial charge is 0.351 e. The lowest BCUT2D eigenvalue weighted by Gasteiger charge is -2.00. The van der Waals surface area contributed by atoms with Gasteiger partial charge < -0.3 is 10.3 Å². The summed E-state index contributed by atoms with van der Waals surface area (Å²) in [6.45, 7) is 0.735. The van der Waals surface area contributed by atoms with Gasteiger partial charge in [-0.2, -0.15) is 0 Å². The molecular weight excluding hydrogens is 205 g/mol. The van der Waals surface area contributed by atoms with Crippen LogP contribution in [0.5, 0.6) is 0 Å². The van der Waals surface area contributed by atoms with Crippen molar-refractivity contribution in [3.63, 3.8) is 0 Å². The third-order valence-electron chi connectivity index (χ3n) is 2.11. The maximum absolute atomic E-state index is 11.5. The lowest BCUT2D eigenvalue weighted by Crippen LogP contribution is -2.24. The molecular formula is C7H10N3OPS. The van der Waals surface area contributed by atoms with E-state index in [1.54, 1.807) is 4.34 Å². The number of hydrogen-bond acceptors (Lipinski definition) is 2. The molecule has 0 aromatic carbocycles. The number of aryl methyl sites for hydroxylation is 1. The summed E-state index contributed by atoms with van der Waals surface area (Å²) < 4.78 is 2.22. The molecule has 70 valence electrons. The van der Waals surface area contributed by atoms with E-state index in [9.17, 15) is 4.79 Å². The number of rotatable bonds is 0. The second kappa shape index (κ2) is 3.24. The normalized spacial score (nSPS) is 16.2. The first kappa shape index (κ1) is 8.91. The van der Waals surface area contributed by atoms with Crippen molar-refractivity contribution in [1.82, 2.24) is 14.6 Å². The van der Waals surface area contributed by atoms with E-state index in [1.807, 2.05) is 0 Å². The van der Waals surface area contributed by atoms with Gasteiger partial charge in [-0.1, -0.05) is 0 Å². The molecule has 0 saturated carbocycles. The Morgan fingerprint density at radius 2 is 2.31 bits per heavy atom. The quantitative estimate of drug-likeness (QED) is 0.498. The third kappa shape index (κ3) is 1.42. The van der Waals surface area contributed by atoms with Crippen LogP contribution in [0.2, 0.25) is 0 Å². The van der Waals surface area contributed by atoms with Crippen molar-refractivity contribution < 1.29 is 4.79 Å². The molecule has 6 heteroatoms. The maximum atomic E-state index is 11.5. The average Bonchev–Trinajstić information content (AvgIpc) is 2.29. The predicted octanol–water partition coefficient (Wildman–Crippen LogP) is 0.860. The Morgan fingerprint density at radius 1 is 1.54 bits per heavy atom. The Kier molecular flexibility index (Phi) is 2.22. The van der Waals surface area contributed by atoms with Crippen LogP contribution in [0.15, 0.2) is 0 Å². The van der Waals surface area contributed by atoms with Gasteiger partial charge in [0.1, 0.15) is 5.69 Å². The number of carbonyl (C=O) groups is 1. The molecule has 1 atom stereocenters. The van der Waals surface area contributed by atoms with Gasteiger partial charge in [-0.05, 0) is 34.5 Å². The number of fused-ring (bicyclic) bond motifs is 1. The van der Waals surface area contributed by atoms with E-state index in [0.717, 1.165) is 25.1 Å². The van der Waals surface area contributed by atoms with E-state index in [-0.39, 0.29) is 5.91 Å². The predicted molar refractivity (Wildman–Crippen MR) is 55.4 cm³/mol. The highest BCUT2D eigenvalue weighted by atomic mass is 32.1. The summed E-state index contributed by atoms with van der Waals surface area (Å²) in [6, 6.07) is 0. The second-order valence-corrected chi connectivity index (χ2v) is 3.89. The number of aromatic amines is 1. The minimum absolute atomic E-state index is 0.0464. The summed E-state index contributed by atoms with van der Waals surface area (Å²) in [5.74, 6) is -0.0464. The lowest BCUT2D eigenvalue weighted by molar-refractivity contribution is 0.0950. The molecule has 1 aliphatic heterocycles. The number of aromatic nitrogens is 2. The van der Waals surface area contributed by atoms with Crippen LogP contribution < -0.4 is 5.32 Å². The zero-order valence-electron chi connectivity index (χ0n) is 6.96. The van der Waals surface area contributed by atoms with Gasteiger partial charge >= 0.3 is 0 Å². The van der Waals surface area contributed by atoms with Gasteiger partial charge in [0.15, 0.2) is 4.77 Å². The van der Waals surface area contributed by atoms with Gasteiger partial charge in [0.25, 0.3) is 5.91 Å². The van der Waals surface area contributed by atoms with E-state index in [4.69, 9.17) is 12.2 Å². The van der Waals surface area contributed by atoms with Gasteiger partial charge in [0.2, 0.25) is 0 Å².